The van der Waals surface area contributed by atoms with Crippen LogP contribution in [0.3, 0.4) is 0 Å². The first-order valence-electron chi connectivity index (χ1n) is 5.06. The van der Waals surface area contributed by atoms with Crippen molar-refractivity contribution in [2.75, 3.05) is 0 Å². The fraction of sp³-hybridized carbons (Fsp3) is 0.636. The number of aryl methyl sites for hydroxylation is 1. The Bertz CT molecular complexity index is 230. The van der Waals surface area contributed by atoms with Crippen LogP contribution in [0.4, 0.5) is 0 Å². The van der Waals surface area contributed by atoms with Gasteiger partial charge in [0.15, 0.2) is 0 Å². The van der Waals surface area contributed by atoms with Crippen molar-refractivity contribution in [2.45, 2.75) is 45.4 Å². The molecule has 0 aliphatic rings. The van der Waals surface area contributed by atoms with E-state index in [-0.39, 0.29) is 0 Å². The Balaban J connectivity index is 2.10. The molecule has 0 amide bonds. The largest absolute Gasteiger partial charge is 0.137 e. The Morgan fingerprint density at radius 2 is 2.00 bits per heavy atom. The number of hydrogen-bond acceptors (Lipinski definition) is 1. The third-order valence-corrected chi connectivity index (χ3v) is 4.44. The lowest BCUT2D eigenvalue weighted by Crippen LogP contribution is -1.85. The normalized spacial score (nSPS) is 10.6. The Labute approximate surface area is 98.9 Å². The summed E-state index contributed by atoms with van der Waals surface area (Å²) in [6, 6.07) is 2.27. The molecule has 0 saturated carbocycles. The standard InChI is InChI=1S/C11H17IS/c1-2-3-4-5-6-7-10-8-9-13-11(10)12/h8-9H,2-7H2,1H3. The Morgan fingerprint density at radius 3 is 2.62 bits per heavy atom. The molecule has 0 unspecified atom stereocenters. The number of unbranched alkanes of at least 4 members (excludes halogenated alkanes) is 4. The second-order valence-corrected chi connectivity index (χ2v) is 6.11. The topological polar surface area (TPSA) is 0 Å². The van der Waals surface area contributed by atoms with Gasteiger partial charge in [0.25, 0.3) is 0 Å². The van der Waals surface area contributed by atoms with Crippen molar-refractivity contribution in [1.82, 2.24) is 0 Å². The van der Waals surface area contributed by atoms with Crippen LogP contribution in [0.25, 0.3) is 0 Å². The molecule has 1 heterocycles. The van der Waals surface area contributed by atoms with Crippen LogP contribution in [-0.2, 0) is 6.42 Å². The highest BCUT2D eigenvalue weighted by Gasteiger charge is 1.99. The molecule has 1 aromatic heterocycles. The van der Waals surface area contributed by atoms with Crippen molar-refractivity contribution < 1.29 is 0 Å². The van der Waals surface area contributed by atoms with Crippen LogP contribution in [0.5, 0.6) is 0 Å². The number of thiophene rings is 1. The zero-order valence-corrected chi connectivity index (χ0v) is 11.2. The molecule has 1 aromatic rings. The summed E-state index contributed by atoms with van der Waals surface area (Å²) in [7, 11) is 0. The first-order chi connectivity index (χ1) is 6.34. The molecule has 0 atom stereocenters. The maximum atomic E-state index is 2.44. The SMILES string of the molecule is CCCCCCCc1ccsc1I. The van der Waals surface area contributed by atoms with Gasteiger partial charge in [0.2, 0.25) is 0 Å². The zero-order valence-electron chi connectivity index (χ0n) is 8.18. The highest BCUT2D eigenvalue weighted by Crippen LogP contribution is 2.21. The molecule has 0 bridgehead atoms. The summed E-state index contributed by atoms with van der Waals surface area (Å²) >= 11 is 4.30. The summed E-state index contributed by atoms with van der Waals surface area (Å²) in [5, 5.41) is 2.20. The molecule has 0 spiro atoms. The van der Waals surface area contributed by atoms with Crippen LogP contribution < -0.4 is 0 Å². The maximum absolute atomic E-state index is 2.44. The van der Waals surface area contributed by atoms with Crippen LogP contribution in [-0.4, -0.2) is 0 Å². The van der Waals surface area contributed by atoms with Gasteiger partial charge < -0.3 is 0 Å². The van der Waals surface area contributed by atoms with E-state index >= 15 is 0 Å². The molecule has 0 aromatic carbocycles. The minimum absolute atomic E-state index is 1.28. The number of hydrogen-bond donors (Lipinski definition) is 0. The Hall–Kier alpha value is 0.430. The van der Waals surface area contributed by atoms with Crippen LogP contribution in [0, 0.1) is 2.88 Å². The molecular weight excluding hydrogens is 291 g/mol. The van der Waals surface area contributed by atoms with Gasteiger partial charge in [0, 0.05) is 0 Å². The predicted molar refractivity (Wildman–Crippen MR) is 69.5 cm³/mol. The van der Waals surface area contributed by atoms with Crippen molar-refractivity contribution in [3.63, 3.8) is 0 Å². The van der Waals surface area contributed by atoms with E-state index < -0.39 is 0 Å². The molecule has 0 saturated heterocycles. The summed E-state index contributed by atoms with van der Waals surface area (Å²) in [4.78, 5) is 0. The van der Waals surface area contributed by atoms with Gasteiger partial charge in [-0.15, -0.1) is 11.3 Å². The molecule has 0 aliphatic heterocycles. The molecule has 74 valence electrons. The van der Waals surface area contributed by atoms with Gasteiger partial charge in [0.1, 0.15) is 0 Å². The molecule has 0 aliphatic carbocycles. The van der Waals surface area contributed by atoms with E-state index in [4.69, 9.17) is 0 Å². The van der Waals surface area contributed by atoms with E-state index in [1.54, 1.807) is 5.56 Å². The number of rotatable bonds is 6. The fourth-order valence-electron chi connectivity index (χ4n) is 1.42. The van der Waals surface area contributed by atoms with E-state index in [1.807, 2.05) is 11.3 Å². The molecule has 0 nitrogen and oxygen atoms in total. The van der Waals surface area contributed by atoms with Crippen molar-refractivity contribution in [2.24, 2.45) is 0 Å². The summed E-state index contributed by atoms with van der Waals surface area (Å²) in [5.74, 6) is 0. The van der Waals surface area contributed by atoms with Crippen LogP contribution >= 0.6 is 33.9 Å². The first kappa shape index (κ1) is 11.5. The molecule has 2 heteroatoms. The van der Waals surface area contributed by atoms with Crippen molar-refractivity contribution in [3.05, 3.63) is 19.9 Å². The predicted octanol–water partition coefficient (Wildman–Crippen LogP) is 4.87. The van der Waals surface area contributed by atoms with Crippen LogP contribution in [0.2, 0.25) is 0 Å². The van der Waals surface area contributed by atoms with Gasteiger partial charge in [-0.2, -0.15) is 0 Å². The Morgan fingerprint density at radius 1 is 1.23 bits per heavy atom. The lowest BCUT2D eigenvalue weighted by atomic mass is 10.1. The van der Waals surface area contributed by atoms with Crippen LogP contribution in [0.1, 0.15) is 44.6 Å². The van der Waals surface area contributed by atoms with Gasteiger partial charge in [-0.25, -0.2) is 0 Å². The summed E-state index contributed by atoms with van der Waals surface area (Å²) in [6.07, 6.45) is 8.21. The minimum atomic E-state index is 1.28. The van der Waals surface area contributed by atoms with E-state index in [2.05, 4.69) is 41.0 Å². The van der Waals surface area contributed by atoms with Gasteiger partial charge in [0.05, 0.1) is 2.88 Å². The quantitative estimate of drug-likeness (QED) is 0.520. The lowest BCUT2D eigenvalue weighted by Gasteiger charge is -1.99. The summed E-state index contributed by atoms with van der Waals surface area (Å²) in [6.45, 7) is 2.27. The van der Waals surface area contributed by atoms with Crippen LogP contribution in [0.15, 0.2) is 11.4 Å². The summed E-state index contributed by atoms with van der Waals surface area (Å²) in [5.41, 5.74) is 1.56. The van der Waals surface area contributed by atoms with E-state index in [0.717, 1.165) is 0 Å². The highest BCUT2D eigenvalue weighted by atomic mass is 127. The third-order valence-electron chi connectivity index (χ3n) is 2.24. The lowest BCUT2D eigenvalue weighted by molar-refractivity contribution is 0.632. The van der Waals surface area contributed by atoms with Crippen molar-refractivity contribution in [3.8, 4) is 0 Å². The second-order valence-electron chi connectivity index (χ2n) is 3.38. The minimum Gasteiger partial charge on any atom is -0.137 e. The third kappa shape index (κ3) is 4.45. The van der Waals surface area contributed by atoms with Gasteiger partial charge in [-0.1, -0.05) is 32.6 Å². The van der Waals surface area contributed by atoms with Gasteiger partial charge >= 0.3 is 0 Å². The molecule has 0 fully saturated rings. The van der Waals surface area contributed by atoms with E-state index in [0.29, 0.717) is 0 Å². The highest BCUT2D eigenvalue weighted by molar-refractivity contribution is 14.1. The van der Waals surface area contributed by atoms with Gasteiger partial charge in [-0.05, 0) is 52.4 Å². The first-order valence-corrected chi connectivity index (χ1v) is 7.02. The Kier molecular flexibility index (Phi) is 6.04. The molecule has 13 heavy (non-hydrogen) atoms. The average Bonchev–Trinajstić information content (AvgIpc) is 2.52. The molecular formula is C11H17IS. The van der Waals surface area contributed by atoms with Gasteiger partial charge in [-0.3, -0.25) is 0 Å². The van der Waals surface area contributed by atoms with E-state index in [1.165, 1.54) is 41.4 Å². The van der Waals surface area contributed by atoms with Crippen molar-refractivity contribution in [1.29, 1.82) is 0 Å². The smallest absolute Gasteiger partial charge is 0.0685 e. The fourth-order valence-corrected chi connectivity index (χ4v) is 2.98. The zero-order chi connectivity index (χ0) is 9.52. The molecule has 0 N–H and O–H groups in total. The summed E-state index contributed by atoms with van der Waals surface area (Å²) < 4.78 is 1.48. The maximum Gasteiger partial charge on any atom is 0.0685 e. The second kappa shape index (κ2) is 6.82. The average molecular weight is 308 g/mol. The monoisotopic (exact) mass is 308 g/mol. The molecule has 1 rings (SSSR count). The van der Waals surface area contributed by atoms with E-state index in [9.17, 15) is 0 Å². The molecule has 0 radical (unpaired) electrons. The number of halogens is 1. The van der Waals surface area contributed by atoms with Crippen molar-refractivity contribution >= 4 is 33.9 Å².